The first kappa shape index (κ1) is 14.8. The largest absolute Gasteiger partial charge is 0.398 e. The van der Waals surface area contributed by atoms with Crippen LogP contribution < -0.4 is 20.9 Å². The fraction of sp³-hybridized carbons (Fsp3) is 0. The summed E-state index contributed by atoms with van der Waals surface area (Å²) in [6.07, 6.45) is 0. The topological polar surface area (TPSA) is 127 Å². The molecule has 0 radical (unpaired) electrons. The molecular weight excluding hydrogens is 292 g/mol. The molecule has 6 N–H and O–H groups in total. The predicted octanol–water partition coefficient (Wildman–Crippen LogP) is 1.14. The standard InChI is InChI=1S/C13H14N4O3S/c14-12-7-2-1-6-11(12)13(18)16-9-4-3-5-10(8-9)17-21(15,19)20/h1-8,17H,14H2,(H,16,18)(H2,15,19,20). The van der Waals surface area contributed by atoms with Gasteiger partial charge in [-0.1, -0.05) is 18.2 Å². The molecule has 0 aliphatic rings. The molecule has 0 unspecified atom stereocenters. The van der Waals surface area contributed by atoms with Crippen LogP contribution in [-0.2, 0) is 10.2 Å². The Bertz CT molecular complexity index is 774. The molecule has 0 fully saturated rings. The Balaban J connectivity index is 2.19. The Labute approximate surface area is 122 Å². The van der Waals surface area contributed by atoms with E-state index in [-0.39, 0.29) is 11.6 Å². The van der Waals surface area contributed by atoms with E-state index in [4.69, 9.17) is 10.9 Å². The highest BCUT2D eigenvalue weighted by Gasteiger charge is 2.10. The molecule has 0 aromatic heterocycles. The minimum atomic E-state index is -3.86. The van der Waals surface area contributed by atoms with Gasteiger partial charge in [-0.05, 0) is 30.3 Å². The number of hydrogen-bond donors (Lipinski definition) is 4. The Morgan fingerprint density at radius 2 is 1.67 bits per heavy atom. The molecule has 8 heteroatoms. The van der Waals surface area contributed by atoms with Gasteiger partial charge in [-0.3, -0.25) is 9.52 Å². The van der Waals surface area contributed by atoms with Gasteiger partial charge in [-0.2, -0.15) is 8.42 Å². The number of carbonyl (C=O) groups is 1. The molecule has 2 aromatic carbocycles. The van der Waals surface area contributed by atoms with Crippen molar-refractivity contribution in [3.63, 3.8) is 0 Å². The summed E-state index contributed by atoms with van der Waals surface area (Å²) in [6, 6.07) is 12.8. The summed E-state index contributed by atoms with van der Waals surface area (Å²) in [7, 11) is -3.86. The Morgan fingerprint density at radius 1 is 1.00 bits per heavy atom. The average Bonchev–Trinajstić information content (AvgIpc) is 2.37. The van der Waals surface area contributed by atoms with Crippen LogP contribution >= 0.6 is 0 Å². The number of nitrogens with one attached hydrogen (secondary N) is 2. The molecule has 0 atom stereocenters. The van der Waals surface area contributed by atoms with E-state index in [0.29, 0.717) is 16.9 Å². The number of anilines is 3. The maximum atomic E-state index is 12.1. The molecule has 0 bridgehead atoms. The fourth-order valence-corrected chi connectivity index (χ4v) is 2.18. The smallest absolute Gasteiger partial charge is 0.296 e. The SMILES string of the molecule is Nc1ccccc1C(=O)Nc1cccc(NS(N)(=O)=O)c1. The van der Waals surface area contributed by atoms with Crippen LogP contribution in [0.3, 0.4) is 0 Å². The fourth-order valence-electron chi connectivity index (χ4n) is 1.73. The molecule has 21 heavy (non-hydrogen) atoms. The van der Waals surface area contributed by atoms with Gasteiger partial charge in [0.15, 0.2) is 0 Å². The normalized spacial score (nSPS) is 10.9. The minimum absolute atomic E-state index is 0.247. The summed E-state index contributed by atoms with van der Waals surface area (Å²) in [5, 5.41) is 7.52. The lowest BCUT2D eigenvalue weighted by atomic mass is 10.1. The number of nitrogens with two attached hydrogens (primary N) is 2. The van der Waals surface area contributed by atoms with Gasteiger partial charge >= 0.3 is 0 Å². The van der Waals surface area contributed by atoms with Crippen molar-refractivity contribution < 1.29 is 13.2 Å². The van der Waals surface area contributed by atoms with Crippen molar-refractivity contribution in [2.24, 2.45) is 5.14 Å². The van der Waals surface area contributed by atoms with Gasteiger partial charge in [0.25, 0.3) is 16.1 Å². The minimum Gasteiger partial charge on any atom is -0.398 e. The van der Waals surface area contributed by atoms with E-state index < -0.39 is 10.2 Å². The summed E-state index contributed by atoms with van der Waals surface area (Å²) in [5.41, 5.74) is 7.07. The number of para-hydroxylation sites is 1. The van der Waals surface area contributed by atoms with Crippen LogP contribution in [-0.4, -0.2) is 14.3 Å². The van der Waals surface area contributed by atoms with Gasteiger partial charge in [0.1, 0.15) is 0 Å². The van der Waals surface area contributed by atoms with E-state index in [1.165, 1.54) is 12.1 Å². The predicted molar refractivity (Wildman–Crippen MR) is 82.0 cm³/mol. The maximum Gasteiger partial charge on any atom is 0.296 e. The van der Waals surface area contributed by atoms with E-state index >= 15 is 0 Å². The Morgan fingerprint density at radius 3 is 2.33 bits per heavy atom. The molecule has 2 rings (SSSR count). The number of hydrogen-bond acceptors (Lipinski definition) is 4. The molecule has 0 heterocycles. The van der Waals surface area contributed by atoms with E-state index in [1.54, 1.807) is 36.4 Å². The van der Waals surface area contributed by atoms with Crippen molar-refractivity contribution in [1.82, 2.24) is 0 Å². The molecule has 0 aliphatic carbocycles. The zero-order valence-electron chi connectivity index (χ0n) is 10.9. The van der Waals surface area contributed by atoms with Crippen molar-refractivity contribution >= 4 is 33.2 Å². The molecule has 0 saturated heterocycles. The highest BCUT2D eigenvalue weighted by Crippen LogP contribution is 2.18. The summed E-state index contributed by atoms with van der Waals surface area (Å²) in [6.45, 7) is 0. The van der Waals surface area contributed by atoms with Crippen molar-refractivity contribution in [3.05, 3.63) is 54.1 Å². The number of rotatable bonds is 4. The molecule has 0 aliphatic heterocycles. The highest BCUT2D eigenvalue weighted by molar-refractivity contribution is 7.90. The number of nitrogen functional groups attached to an aromatic ring is 1. The molecule has 0 spiro atoms. The lowest BCUT2D eigenvalue weighted by molar-refractivity contribution is 0.102. The van der Waals surface area contributed by atoms with Gasteiger partial charge in [0.2, 0.25) is 0 Å². The van der Waals surface area contributed by atoms with Crippen molar-refractivity contribution in [2.75, 3.05) is 15.8 Å². The van der Waals surface area contributed by atoms with Gasteiger partial charge in [0, 0.05) is 11.4 Å². The third-order valence-electron chi connectivity index (χ3n) is 2.59. The van der Waals surface area contributed by atoms with Crippen LogP contribution in [0.25, 0.3) is 0 Å². The molecule has 7 nitrogen and oxygen atoms in total. The summed E-state index contributed by atoms with van der Waals surface area (Å²) >= 11 is 0. The van der Waals surface area contributed by atoms with Crippen LogP contribution in [0.2, 0.25) is 0 Å². The number of benzene rings is 2. The van der Waals surface area contributed by atoms with Gasteiger partial charge in [-0.25, -0.2) is 5.14 Å². The van der Waals surface area contributed by atoms with E-state index in [9.17, 15) is 13.2 Å². The van der Waals surface area contributed by atoms with Crippen LogP contribution in [0.1, 0.15) is 10.4 Å². The summed E-state index contributed by atoms with van der Waals surface area (Å²) in [4.78, 5) is 12.1. The lowest BCUT2D eigenvalue weighted by Crippen LogP contribution is -2.21. The van der Waals surface area contributed by atoms with Crippen molar-refractivity contribution in [1.29, 1.82) is 0 Å². The van der Waals surface area contributed by atoms with Crippen LogP contribution in [0.15, 0.2) is 48.5 Å². The molecule has 0 saturated carbocycles. The first-order chi connectivity index (χ1) is 9.85. The van der Waals surface area contributed by atoms with Gasteiger partial charge in [0.05, 0.1) is 11.3 Å². The molecule has 2 aromatic rings. The van der Waals surface area contributed by atoms with Gasteiger partial charge < -0.3 is 11.1 Å². The van der Waals surface area contributed by atoms with Crippen LogP contribution in [0, 0.1) is 0 Å². The summed E-state index contributed by atoms with van der Waals surface area (Å²) in [5.74, 6) is -0.388. The highest BCUT2D eigenvalue weighted by atomic mass is 32.2. The molecule has 110 valence electrons. The maximum absolute atomic E-state index is 12.1. The quantitative estimate of drug-likeness (QED) is 0.631. The second-order valence-electron chi connectivity index (χ2n) is 4.27. The van der Waals surface area contributed by atoms with Crippen LogP contribution in [0.4, 0.5) is 17.1 Å². The van der Waals surface area contributed by atoms with Crippen molar-refractivity contribution in [2.45, 2.75) is 0 Å². The third kappa shape index (κ3) is 4.20. The Kier molecular flexibility index (Phi) is 4.10. The number of amides is 1. The van der Waals surface area contributed by atoms with Gasteiger partial charge in [-0.15, -0.1) is 0 Å². The average molecular weight is 306 g/mol. The van der Waals surface area contributed by atoms with Crippen LogP contribution in [0.5, 0.6) is 0 Å². The van der Waals surface area contributed by atoms with E-state index in [2.05, 4.69) is 10.0 Å². The zero-order valence-corrected chi connectivity index (χ0v) is 11.7. The second-order valence-corrected chi connectivity index (χ2v) is 5.56. The monoisotopic (exact) mass is 306 g/mol. The lowest BCUT2D eigenvalue weighted by Gasteiger charge is -2.09. The summed E-state index contributed by atoms with van der Waals surface area (Å²) < 4.78 is 24.0. The first-order valence-corrected chi connectivity index (χ1v) is 7.46. The zero-order chi connectivity index (χ0) is 15.5. The first-order valence-electron chi connectivity index (χ1n) is 5.91. The molecule has 1 amide bonds. The molecular formula is C13H14N4O3S. The number of carbonyl (C=O) groups excluding carboxylic acids is 1. The van der Waals surface area contributed by atoms with E-state index in [0.717, 1.165) is 0 Å². The second kappa shape index (κ2) is 5.81. The van der Waals surface area contributed by atoms with E-state index in [1.807, 2.05) is 0 Å². The van der Waals surface area contributed by atoms with Crippen molar-refractivity contribution in [3.8, 4) is 0 Å². The third-order valence-corrected chi connectivity index (χ3v) is 3.11. The Hall–Kier alpha value is -2.58.